The number of hydrogen-bond donors (Lipinski definition) is 1. The molecule has 1 aromatic heterocycles. The van der Waals surface area contributed by atoms with E-state index in [-0.39, 0.29) is 11.6 Å². The predicted molar refractivity (Wildman–Crippen MR) is 119 cm³/mol. The minimum Gasteiger partial charge on any atom is -0.493 e. The summed E-state index contributed by atoms with van der Waals surface area (Å²) in [5, 5.41) is 0. The van der Waals surface area contributed by atoms with Gasteiger partial charge in [-0.25, -0.2) is 14.8 Å². The summed E-state index contributed by atoms with van der Waals surface area (Å²) in [6.07, 6.45) is 3.40. The van der Waals surface area contributed by atoms with Gasteiger partial charge < -0.3 is 29.7 Å². The number of ether oxygens (including phenoxy) is 3. The lowest BCUT2D eigenvalue weighted by Crippen LogP contribution is -2.49. The molecule has 0 spiro atoms. The number of hydrogen-bond acceptors (Lipinski definition) is 8. The quantitative estimate of drug-likeness (QED) is 0.325. The first-order valence-corrected chi connectivity index (χ1v) is 10.1. The van der Waals surface area contributed by atoms with Crippen molar-refractivity contribution >= 4 is 23.6 Å². The van der Waals surface area contributed by atoms with Gasteiger partial charge in [0.25, 0.3) is 0 Å². The molecule has 0 atom stereocenters. The van der Waals surface area contributed by atoms with Crippen LogP contribution in [0.2, 0.25) is 0 Å². The summed E-state index contributed by atoms with van der Waals surface area (Å²) in [5.41, 5.74) is 7.00. The van der Waals surface area contributed by atoms with Crippen molar-refractivity contribution in [3.63, 3.8) is 0 Å². The Morgan fingerprint density at radius 3 is 2.59 bits per heavy atom. The van der Waals surface area contributed by atoms with E-state index in [9.17, 15) is 4.79 Å². The van der Waals surface area contributed by atoms with Gasteiger partial charge in [-0.05, 0) is 30.3 Å². The Morgan fingerprint density at radius 1 is 1.12 bits per heavy atom. The average Bonchev–Trinajstić information content (AvgIpc) is 3.19. The van der Waals surface area contributed by atoms with Crippen molar-refractivity contribution in [1.82, 2.24) is 14.8 Å². The Bertz CT molecular complexity index is 1080. The van der Waals surface area contributed by atoms with Crippen molar-refractivity contribution in [2.24, 2.45) is 15.7 Å². The Hall–Kier alpha value is -4.08. The first kappa shape index (κ1) is 21.2. The van der Waals surface area contributed by atoms with Crippen LogP contribution >= 0.6 is 0 Å². The van der Waals surface area contributed by atoms with Crippen LogP contribution in [-0.2, 0) is 9.53 Å². The van der Waals surface area contributed by atoms with Crippen LogP contribution < -0.4 is 15.2 Å². The maximum absolute atomic E-state index is 12.3. The van der Waals surface area contributed by atoms with Crippen molar-refractivity contribution in [1.29, 1.82) is 0 Å². The van der Waals surface area contributed by atoms with Crippen LogP contribution in [0.1, 0.15) is 5.56 Å². The molecule has 0 bridgehead atoms. The minimum atomic E-state index is -0.492. The van der Waals surface area contributed by atoms with E-state index in [1.807, 2.05) is 21.9 Å². The van der Waals surface area contributed by atoms with Crippen LogP contribution in [0.3, 0.4) is 0 Å². The zero-order valence-corrected chi connectivity index (χ0v) is 17.9. The van der Waals surface area contributed by atoms with E-state index in [2.05, 4.69) is 15.0 Å². The van der Waals surface area contributed by atoms with Gasteiger partial charge in [0.05, 0.1) is 14.2 Å². The summed E-state index contributed by atoms with van der Waals surface area (Å²) in [7, 11) is 3.10. The molecule has 0 saturated carbocycles. The second-order valence-electron chi connectivity index (χ2n) is 7.07. The van der Waals surface area contributed by atoms with Gasteiger partial charge in [0.1, 0.15) is 0 Å². The predicted octanol–water partition coefficient (Wildman–Crippen LogP) is 1.51. The highest BCUT2D eigenvalue weighted by Gasteiger charge is 2.27. The van der Waals surface area contributed by atoms with Gasteiger partial charge in [-0.15, -0.1) is 0 Å². The Labute approximate surface area is 185 Å². The van der Waals surface area contributed by atoms with Gasteiger partial charge >= 0.3 is 5.97 Å². The highest BCUT2D eigenvalue weighted by Crippen LogP contribution is 2.29. The molecule has 1 aromatic carbocycles. The van der Waals surface area contributed by atoms with E-state index in [1.165, 1.54) is 0 Å². The Kier molecular flexibility index (Phi) is 6.20. The molecule has 0 unspecified atom stereocenters. The van der Waals surface area contributed by atoms with E-state index in [4.69, 9.17) is 19.9 Å². The highest BCUT2D eigenvalue weighted by atomic mass is 16.6. The monoisotopic (exact) mass is 436 g/mol. The highest BCUT2D eigenvalue weighted by molar-refractivity contribution is 6.11. The maximum atomic E-state index is 12.3. The number of benzene rings is 1. The molecule has 2 aromatic rings. The lowest BCUT2D eigenvalue weighted by Gasteiger charge is -2.34. The molecule has 0 aliphatic carbocycles. The smallest absolute Gasteiger partial charge is 0.365 e. The van der Waals surface area contributed by atoms with Crippen molar-refractivity contribution in [3.8, 4) is 11.5 Å². The summed E-state index contributed by atoms with van der Waals surface area (Å²) in [5.74, 6) is 1.84. The molecule has 10 nitrogen and oxygen atoms in total. The maximum Gasteiger partial charge on any atom is 0.365 e. The van der Waals surface area contributed by atoms with Crippen LogP contribution in [0.25, 0.3) is 0 Å². The number of pyridine rings is 1. The second kappa shape index (κ2) is 9.38. The number of carbonyl (C=O) groups is 1. The Morgan fingerprint density at radius 2 is 1.91 bits per heavy atom. The van der Waals surface area contributed by atoms with Crippen molar-refractivity contribution < 1.29 is 19.0 Å². The topological polar surface area (TPSA) is 115 Å². The van der Waals surface area contributed by atoms with Gasteiger partial charge in [-0.1, -0.05) is 6.07 Å². The van der Waals surface area contributed by atoms with Crippen molar-refractivity contribution in [3.05, 3.63) is 60.1 Å². The molecule has 2 N–H and O–H groups in total. The van der Waals surface area contributed by atoms with Gasteiger partial charge in [-0.2, -0.15) is 4.99 Å². The van der Waals surface area contributed by atoms with Crippen molar-refractivity contribution in [2.75, 3.05) is 40.4 Å². The van der Waals surface area contributed by atoms with Gasteiger partial charge in [0.2, 0.25) is 5.90 Å². The SMILES string of the molecule is COc1ccc(C2=NC(=CN3CCN(/C(N)=N/c4ccccn4)CC3)C(=O)O2)cc1OC. The number of aliphatic imine (C=N–C) groups is 2. The number of nitrogens with zero attached hydrogens (tertiary/aromatic N) is 5. The third kappa shape index (κ3) is 4.64. The third-order valence-electron chi connectivity index (χ3n) is 5.07. The van der Waals surface area contributed by atoms with Crippen molar-refractivity contribution in [2.45, 2.75) is 0 Å². The van der Waals surface area contributed by atoms with Crippen LogP contribution in [-0.4, -0.2) is 73.0 Å². The standard InChI is InChI=1S/C22H24N6O4/c1-30-17-7-6-15(13-18(17)31-2)20-25-16(21(29)32-20)14-27-9-11-28(12-10-27)22(23)26-19-5-3-4-8-24-19/h3-8,13-14H,9-12H2,1-2H3,(H2,23,24,26). The molecule has 2 aliphatic rings. The zero-order valence-electron chi connectivity index (χ0n) is 17.9. The number of cyclic esters (lactones) is 1. The van der Waals surface area contributed by atoms with E-state index < -0.39 is 5.97 Å². The molecule has 0 radical (unpaired) electrons. The first-order valence-electron chi connectivity index (χ1n) is 10.1. The van der Waals surface area contributed by atoms with E-state index >= 15 is 0 Å². The summed E-state index contributed by atoms with van der Waals surface area (Å²) >= 11 is 0. The van der Waals surface area contributed by atoms with E-state index in [0.29, 0.717) is 55.0 Å². The molecular formula is C22H24N6O4. The molecule has 10 heteroatoms. The number of methoxy groups -OCH3 is 2. The largest absolute Gasteiger partial charge is 0.493 e. The normalized spacial score (nSPS) is 17.9. The molecule has 3 heterocycles. The summed E-state index contributed by atoms with van der Waals surface area (Å²) in [4.78, 5) is 29.2. The first-order chi connectivity index (χ1) is 15.6. The molecule has 4 rings (SSSR count). The number of guanidine groups is 1. The number of rotatable bonds is 5. The number of aromatic nitrogens is 1. The summed E-state index contributed by atoms with van der Waals surface area (Å²) in [6.45, 7) is 2.65. The zero-order chi connectivity index (χ0) is 22.5. The summed E-state index contributed by atoms with van der Waals surface area (Å²) < 4.78 is 15.9. The molecular weight excluding hydrogens is 412 g/mol. The fourth-order valence-electron chi connectivity index (χ4n) is 3.35. The third-order valence-corrected chi connectivity index (χ3v) is 5.07. The lowest BCUT2D eigenvalue weighted by atomic mass is 10.2. The second-order valence-corrected chi connectivity index (χ2v) is 7.07. The number of piperazine rings is 1. The Balaban J connectivity index is 1.42. The van der Waals surface area contributed by atoms with Crippen LogP contribution in [0.4, 0.5) is 5.82 Å². The molecule has 1 fully saturated rings. The van der Waals surface area contributed by atoms with Crippen LogP contribution in [0.5, 0.6) is 11.5 Å². The van der Waals surface area contributed by atoms with Crippen LogP contribution in [0, 0.1) is 0 Å². The molecule has 32 heavy (non-hydrogen) atoms. The number of carbonyl (C=O) groups excluding carboxylic acids is 1. The molecule has 1 saturated heterocycles. The molecule has 166 valence electrons. The molecule has 0 amide bonds. The number of esters is 1. The van der Waals surface area contributed by atoms with E-state index in [0.717, 1.165) is 0 Å². The average molecular weight is 436 g/mol. The lowest BCUT2D eigenvalue weighted by molar-refractivity contribution is -0.130. The fourth-order valence-corrected chi connectivity index (χ4v) is 3.35. The van der Waals surface area contributed by atoms with Gasteiger partial charge in [0.15, 0.2) is 29.0 Å². The minimum absolute atomic E-state index is 0.229. The number of nitrogens with two attached hydrogens (primary N) is 1. The van der Waals surface area contributed by atoms with Gasteiger partial charge in [-0.3, -0.25) is 0 Å². The molecule has 2 aliphatic heterocycles. The van der Waals surface area contributed by atoms with Crippen LogP contribution in [0.15, 0.2) is 64.5 Å². The fraction of sp³-hybridized carbons (Fsp3) is 0.273. The van der Waals surface area contributed by atoms with Gasteiger partial charge in [0, 0.05) is 44.1 Å². The summed E-state index contributed by atoms with van der Waals surface area (Å²) in [6, 6.07) is 10.7. The van der Waals surface area contributed by atoms with E-state index in [1.54, 1.807) is 50.9 Å².